The number of unbranched alkanes of at least 4 members (excludes halogenated alkanes) is 1. The van der Waals surface area contributed by atoms with Crippen LogP contribution in [0.15, 0.2) is 29.1 Å². The predicted molar refractivity (Wildman–Crippen MR) is 171 cm³/mol. The van der Waals surface area contributed by atoms with Crippen LogP contribution in [0.25, 0.3) is 22.3 Å². The van der Waals surface area contributed by atoms with Crippen LogP contribution in [-0.2, 0) is 49.0 Å². The fourth-order valence-corrected chi connectivity index (χ4v) is 6.69. The van der Waals surface area contributed by atoms with Gasteiger partial charge in [0.05, 0.1) is 29.0 Å². The van der Waals surface area contributed by atoms with E-state index in [0.717, 1.165) is 29.4 Å². The number of hydrogen-bond donors (Lipinski definition) is 0. The third-order valence-corrected chi connectivity index (χ3v) is 9.40. The van der Waals surface area contributed by atoms with Crippen molar-refractivity contribution in [2.75, 3.05) is 12.4 Å². The van der Waals surface area contributed by atoms with E-state index in [4.69, 9.17) is 23.9 Å². The molecule has 2 aliphatic rings. The van der Waals surface area contributed by atoms with Crippen LogP contribution in [0.2, 0.25) is 0 Å². The van der Waals surface area contributed by atoms with Gasteiger partial charge in [0, 0.05) is 33.4 Å². The minimum absolute atomic E-state index is 0.00322. The molecule has 0 spiro atoms. The number of pyridine rings is 2. The lowest BCUT2D eigenvalue weighted by Crippen LogP contribution is -2.47. The van der Waals surface area contributed by atoms with Gasteiger partial charge in [-0.15, -0.1) is 0 Å². The van der Waals surface area contributed by atoms with Crippen LogP contribution in [0.3, 0.4) is 0 Å². The van der Waals surface area contributed by atoms with E-state index in [1.54, 1.807) is 41.5 Å². The SMILES string of the molecule is CCCCC(=O)Oc1ccc2nc3c(c(CC)c2c1)Cn1c-3cc2c(c1=O)COC(=O)[C@@]2(CC)OC(=O)OCCSC(C)(C)C. The maximum absolute atomic E-state index is 13.9. The van der Waals surface area contributed by atoms with Crippen molar-refractivity contribution in [1.82, 2.24) is 9.55 Å². The van der Waals surface area contributed by atoms with Gasteiger partial charge in [-0.3, -0.25) is 9.59 Å². The average Bonchev–Trinajstić information content (AvgIpc) is 3.36. The van der Waals surface area contributed by atoms with Crippen molar-refractivity contribution >= 4 is 40.8 Å². The molecule has 11 heteroatoms. The first kappa shape index (κ1) is 32.5. The molecule has 240 valence electrons. The molecule has 1 atom stereocenters. The number of hydrogen-bond acceptors (Lipinski definition) is 10. The second-order valence-corrected chi connectivity index (χ2v) is 14.2. The zero-order valence-electron chi connectivity index (χ0n) is 26.7. The minimum atomic E-state index is -1.83. The van der Waals surface area contributed by atoms with E-state index >= 15 is 0 Å². The lowest BCUT2D eigenvalue weighted by atomic mass is 9.85. The van der Waals surface area contributed by atoms with E-state index in [1.807, 2.05) is 19.9 Å². The highest BCUT2D eigenvalue weighted by atomic mass is 32.2. The van der Waals surface area contributed by atoms with Gasteiger partial charge in [0.15, 0.2) is 0 Å². The lowest BCUT2D eigenvalue weighted by Gasteiger charge is -2.35. The Morgan fingerprint density at radius 1 is 1.11 bits per heavy atom. The summed E-state index contributed by atoms with van der Waals surface area (Å²) in [6, 6.07) is 7.09. The third kappa shape index (κ3) is 6.32. The maximum Gasteiger partial charge on any atom is 0.509 e. The summed E-state index contributed by atoms with van der Waals surface area (Å²) in [5.74, 6) is -0.0125. The fraction of sp³-hybridized carbons (Fsp3) is 0.500. The topological polar surface area (TPSA) is 123 Å². The number of nitrogens with zero attached hydrogens (tertiary/aromatic N) is 2. The second kappa shape index (κ2) is 12.9. The van der Waals surface area contributed by atoms with Gasteiger partial charge >= 0.3 is 18.1 Å². The summed E-state index contributed by atoms with van der Waals surface area (Å²) in [5, 5.41) is 0.847. The summed E-state index contributed by atoms with van der Waals surface area (Å²) in [6.07, 6.45) is 1.71. The number of aryl methyl sites for hydroxylation is 1. The van der Waals surface area contributed by atoms with Crippen LogP contribution in [0.4, 0.5) is 4.79 Å². The standard InChI is InChI=1S/C34H40N2O8S/c1-7-10-11-28(37)43-20-12-13-26-22(16-20)21(8-2)23-18-36-27(29(23)35-26)17-25-24(30(36)38)19-42-31(39)34(25,9-3)44-32(40)41-14-15-45-33(4,5)6/h12-13,16-17H,7-11,14-15,18-19H2,1-6H3/t34-/m0/s1. The fourth-order valence-electron chi connectivity index (χ4n) is 5.91. The minimum Gasteiger partial charge on any atom is -0.457 e. The zero-order chi connectivity index (χ0) is 32.5. The molecule has 0 amide bonds. The first-order valence-corrected chi connectivity index (χ1v) is 16.5. The summed E-state index contributed by atoms with van der Waals surface area (Å²) in [7, 11) is 0. The molecule has 10 nitrogen and oxygen atoms in total. The van der Waals surface area contributed by atoms with Gasteiger partial charge in [-0.1, -0.05) is 48.0 Å². The molecule has 0 bridgehead atoms. The van der Waals surface area contributed by atoms with Crippen molar-refractivity contribution in [3.8, 4) is 17.1 Å². The molecule has 0 fully saturated rings. The van der Waals surface area contributed by atoms with E-state index in [1.165, 1.54) is 0 Å². The largest absolute Gasteiger partial charge is 0.509 e. The molecule has 3 aromatic rings. The smallest absolute Gasteiger partial charge is 0.457 e. The van der Waals surface area contributed by atoms with Gasteiger partial charge in [0.2, 0.25) is 5.60 Å². The number of thioether (sulfide) groups is 1. The van der Waals surface area contributed by atoms with Crippen molar-refractivity contribution in [2.45, 2.75) is 97.1 Å². The van der Waals surface area contributed by atoms with Crippen LogP contribution >= 0.6 is 11.8 Å². The molecule has 0 aliphatic carbocycles. The van der Waals surface area contributed by atoms with Crippen LogP contribution in [0.5, 0.6) is 5.75 Å². The summed E-state index contributed by atoms with van der Waals surface area (Å²) in [5.41, 5.74) is 2.10. The molecular formula is C34H40N2O8S. The van der Waals surface area contributed by atoms with Crippen LogP contribution in [-0.4, -0.2) is 44.8 Å². The normalized spacial score (nSPS) is 16.9. The quantitative estimate of drug-likeness (QED) is 0.109. The Morgan fingerprint density at radius 3 is 2.58 bits per heavy atom. The number of carbonyl (C=O) groups is 3. The molecule has 5 rings (SSSR count). The number of fused-ring (bicyclic) bond motifs is 5. The predicted octanol–water partition coefficient (Wildman–Crippen LogP) is 6.43. The number of rotatable bonds is 10. The van der Waals surface area contributed by atoms with E-state index < -0.39 is 17.7 Å². The van der Waals surface area contributed by atoms with E-state index in [0.29, 0.717) is 46.8 Å². The number of ether oxygens (including phenoxy) is 4. The summed E-state index contributed by atoms with van der Waals surface area (Å²) in [6.45, 7) is 12.1. The van der Waals surface area contributed by atoms with Gasteiger partial charge in [-0.05, 0) is 49.1 Å². The zero-order valence-corrected chi connectivity index (χ0v) is 27.6. The number of aromatic nitrogens is 2. The number of esters is 2. The van der Waals surface area contributed by atoms with Crippen LogP contribution < -0.4 is 10.3 Å². The molecule has 2 aliphatic heterocycles. The van der Waals surface area contributed by atoms with Gasteiger partial charge < -0.3 is 23.5 Å². The Morgan fingerprint density at radius 2 is 1.89 bits per heavy atom. The van der Waals surface area contributed by atoms with E-state index in [9.17, 15) is 19.2 Å². The van der Waals surface area contributed by atoms with Crippen molar-refractivity contribution in [3.63, 3.8) is 0 Å². The molecule has 4 heterocycles. The number of cyclic esters (lactones) is 1. The second-order valence-electron chi connectivity index (χ2n) is 12.3. The monoisotopic (exact) mass is 636 g/mol. The Labute approximate surface area is 266 Å². The number of benzene rings is 1. The molecule has 0 unspecified atom stereocenters. The molecule has 0 saturated carbocycles. The molecule has 45 heavy (non-hydrogen) atoms. The molecule has 0 saturated heterocycles. The molecular weight excluding hydrogens is 596 g/mol. The van der Waals surface area contributed by atoms with Crippen LogP contribution in [0, 0.1) is 0 Å². The Hall–Kier alpha value is -3.86. The highest BCUT2D eigenvalue weighted by molar-refractivity contribution is 8.00. The first-order chi connectivity index (χ1) is 21.4. The average molecular weight is 637 g/mol. The number of carbonyl (C=O) groups excluding carboxylic acids is 3. The summed E-state index contributed by atoms with van der Waals surface area (Å²) in [4.78, 5) is 57.3. The van der Waals surface area contributed by atoms with Crippen molar-refractivity contribution in [3.05, 3.63) is 56.9 Å². The van der Waals surface area contributed by atoms with Gasteiger partial charge in [0.25, 0.3) is 5.56 Å². The van der Waals surface area contributed by atoms with E-state index in [2.05, 4.69) is 20.8 Å². The highest BCUT2D eigenvalue weighted by Gasteiger charge is 2.51. The summed E-state index contributed by atoms with van der Waals surface area (Å²) >= 11 is 1.64. The van der Waals surface area contributed by atoms with E-state index in [-0.39, 0.29) is 48.0 Å². The molecule has 0 radical (unpaired) electrons. The summed E-state index contributed by atoms with van der Waals surface area (Å²) < 4.78 is 23.7. The maximum atomic E-state index is 13.9. The molecule has 1 aromatic carbocycles. The van der Waals surface area contributed by atoms with Gasteiger partial charge in [-0.25, -0.2) is 14.6 Å². The van der Waals surface area contributed by atoms with Crippen molar-refractivity contribution < 1.29 is 33.3 Å². The van der Waals surface area contributed by atoms with Crippen molar-refractivity contribution in [2.24, 2.45) is 0 Å². The molecule has 2 aromatic heterocycles. The highest BCUT2D eigenvalue weighted by Crippen LogP contribution is 2.42. The van der Waals surface area contributed by atoms with Gasteiger partial charge in [-0.2, -0.15) is 11.8 Å². The first-order valence-electron chi connectivity index (χ1n) is 15.5. The Kier molecular flexibility index (Phi) is 9.30. The van der Waals surface area contributed by atoms with Gasteiger partial charge in [0.1, 0.15) is 19.0 Å². The van der Waals surface area contributed by atoms with Crippen LogP contribution in [0.1, 0.15) is 89.5 Å². The van der Waals surface area contributed by atoms with Crippen molar-refractivity contribution in [1.29, 1.82) is 0 Å². The lowest BCUT2D eigenvalue weighted by molar-refractivity contribution is -0.175. The molecule has 0 N–H and O–H groups in total. The third-order valence-electron chi connectivity index (χ3n) is 8.16. The Balaban J connectivity index is 1.52. The Bertz CT molecular complexity index is 1720.